The van der Waals surface area contributed by atoms with Crippen molar-refractivity contribution in [3.05, 3.63) is 21.9 Å². The van der Waals surface area contributed by atoms with E-state index in [9.17, 15) is 0 Å². The maximum atomic E-state index is 3.64. The Kier molecular flexibility index (Phi) is 3.81. The lowest BCUT2D eigenvalue weighted by Gasteiger charge is -2.30. The third-order valence-electron chi connectivity index (χ3n) is 3.49. The predicted octanol–water partition coefficient (Wildman–Crippen LogP) is 3.56. The quantitative estimate of drug-likeness (QED) is 0.823. The Labute approximate surface area is 96.9 Å². The molecule has 0 saturated carbocycles. The van der Waals surface area contributed by atoms with Gasteiger partial charge in [0.15, 0.2) is 0 Å². The SMILES string of the molecule is CCNC(CC)C1CCCc2sccc21. The normalized spacial score (nSPS) is 22.4. The van der Waals surface area contributed by atoms with Gasteiger partial charge < -0.3 is 5.32 Å². The minimum atomic E-state index is 0.684. The fourth-order valence-corrected chi connectivity index (χ4v) is 3.77. The van der Waals surface area contributed by atoms with Crippen LogP contribution in [0.4, 0.5) is 0 Å². The maximum Gasteiger partial charge on any atom is 0.0133 e. The van der Waals surface area contributed by atoms with E-state index < -0.39 is 0 Å². The highest BCUT2D eigenvalue weighted by Crippen LogP contribution is 2.37. The van der Waals surface area contributed by atoms with Crippen LogP contribution in [0.3, 0.4) is 0 Å². The first-order chi connectivity index (χ1) is 7.36. The van der Waals surface area contributed by atoms with Crippen LogP contribution in [0.15, 0.2) is 11.4 Å². The molecule has 0 bridgehead atoms. The molecule has 0 aliphatic heterocycles. The molecule has 0 fully saturated rings. The Morgan fingerprint density at radius 3 is 3.13 bits per heavy atom. The average Bonchev–Trinajstić information content (AvgIpc) is 2.73. The van der Waals surface area contributed by atoms with Gasteiger partial charge >= 0.3 is 0 Å². The molecule has 2 rings (SSSR count). The van der Waals surface area contributed by atoms with E-state index in [1.165, 1.54) is 25.7 Å². The largest absolute Gasteiger partial charge is 0.314 e. The van der Waals surface area contributed by atoms with Crippen LogP contribution in [0.25, 0.3) is 0 Å². The van der Waals surface area contributed by atoms with Crippen LogP contribution < -0.4 is 5.32 Å². The summed E-state index contributed by atoms with van der Waals surface area (Å²) < 4.78 is 0. The lowest BCUT2D eigenvalue weighted by molar-refractivity contribution is 0.391. The highest BCUT2D eigenvalue weighted by atomic mass is 32.1. The molecule has 1 nitrogen and oxygen atoms in total. The number of nitrogens with one attached hydrogen (secondary N) is 1. The van der Waals surface area contributed by atoms with Crippen molar-refractivity contribution in [1.82, 2.24) is 5.32 Å². The van der Waals surface area contributed by atoms with Gasteiger partial charge in [-0.3, -0.25) is 0 Å². The summed E-state index contributed by atoms with van der Waals surface area (Å²) >= 11 is 1.95. The third-order valence-corrected chi connectivity index (χ3v) is 4.49. The highest BCUT2D eigenvalue weighted by Gasteiger charge is 2.26. The van der Waals surface area contributed by atoms with Crippen molar-refractivity contribution in [2.75, 3.05) is 6.54 Å². The third kappa shape index (κ3) is 2.26. The number of thiophene rings is 1. The first-order valence-electron chi connectivity index (χ1n) is 6.16. The zero-order valence-corrected chi connectivity index (χ0v) is 10.6. The molecule has 0 spiro atoms. The van der Waals surface area contributed by atoms with E-state index in [4.69, 9.17) is 0 Å². The van der Waals surface area contributed by atoms with Crippen molar-refractivity contribution >= 4 is 11.3 Å². The van der Waals surface area contributed by atoms with Crippen molar-refractivity contribution in [3.63, 3.8) is 0 Å². The minimum absolute atomic E-state index is 0.684. The summed E-state index contributed by atoms with van der Waals surface area (Å²) in [6, 6.07) is 3.03. The predicted molar refractivity (Wildman–Crippen MR) is 67.8 cm³/mol. The second-order valence-corrected chi connectivity index (χ2v) is 5.37. The number of aryl methyl sites for hydroxylation is 1. The van der Waals surface area contributed by atoms with E-state index in [-0.39, 0.29) is 0 Å². The summed E-state index contributed by atoms with van der Waals surface area (Å²) in [5, 5.41) is 5.90. The van der Waals surface area contributed by atoms with Crippen molar-refractivity contribution in [3.8, 4) is 0 Å². The summed E-state index contributed by atoms with van der Waals surface area (Å²) in [6.45, 7) is 5.60. The van der Waals surface area contributed by atoms with Crippen LogP contribution in [0.1, 0.15) is 49.5 Å². The summed E-state index contributed by atoms with van der Waals surface area (Å²) in [5.74, 6) is 0.768. The van der Waals surface area contributed by atoms with Gasteiger partial charge in [-0.1, -0.05) is 13.8 Å². The molecule has 15 heavy (non-hydrogen) atoms. The van der Waals surface area contributed by atoms with Gasteiger partial charge in [0.2, 0.25) is 0 Å². The van der Waals surface area contributed by atoms with Gasteiger partial charge in [0, 0.05) is 16.8 Å². The van der Waals surface area contributed by atoms with Crippen LogP contribution in [-0.2, 0) is 6.42 Å². The molecule has 1 aromatic heterocycles. The molecule has 2 heteroatoms. The maximum absolute atomic E-state index is 3.64. The van der Waals surface area contributed by atoms with Gasteiger partial charge in [0.25, 0.3) is 0 Å². The molecule has 1 aliphatic rings. The van der Waals surface area contributed by atoms with E-state index in [2.05, 4.69) is 30.6 Å². The number of hydrogen-bond acceptors (Lipinski definition) is 2. The summed E-state index contributed by atoms with van der Waals surface area (Å²) in [6.07, 6.45) is 5.30. The van der Waals surface area contributed by atoms with Crippen LogP contribution in [0.5, 0.6) is 0 Å². The molecule has 0 amide bonds. The second-order valence-electron chi connectivity index (χ2n) is 4.37. The number of rotatable bonds is 4. The Balaban J connectivity index is 2.16. The van der Waals surface area contributed by atoms with Crippen molar-refractivity contribution < 1.29 is 0 Å². The Bertz CT molecular complexity index is 305. The molecule has 2 atom stereocenters. The fraction of sp³-hybridized carbons (Fsp3) is 0.692. The van der Waals surface area contributed by atoms with E-state index in [0.29, 0.717) is 6.04 Å². The summed E-state index contributed by atoms with van der Waals surface area (Å²) in [7, 11) is 0. The Morgan fingerprint density at radius 2 is 2.40 bits per heavy atom. The smallest absolute Gasteiger partial charge is 0.0133 e. The molecule has 2 unspecified atom stereocenters. The standard InChI is InChI=1S/C13H21NS/c1-3-12(14-4-2)10-6-5-7-13-11(10)8-9-15-13/h8-10,12,14H,3-7H2,1-2H3. The van der Waals surface area contributed by atoms with Crippen molar-refractivity contribution in [1.29, 1.82) is 0 Å². The van der Waals surface area contributed by atoms with Crippen molar-refractivity contribution in [2.45, 2.75) is 51.5 Å². The minimum Gasteiger partial charge on any atom is -0.314 e. The van der Waals surface area contributed by atoms with E-state index in [0.717, 1.165) is 12.5 Å². The molecule has 1 N–H and O–H groups in total. The Hall–Kier alpha value is -0.340. The van der Waals surface area contributed by atoms with E-state index >= 15 is 0 Å². The van der Waals surface area contributed by atoms with Crippen LogP contribution in [0, 0.1) is 0 Å². The second kappa shape index (κ2) is 5.13. The molecule has 1 heterocycles. The van der Waals surface area contributed by atoms with Crippen LogP contribution in [-0.4, -0.2) is 12.6 Å². The summed E-state index contributed by atoms with van der Waals surface area (Å²) in [5.41, 5.74) is 1.64. The average molecular weight is 223 g/mol. The van der Waals surface area contributed by atoms with Crippen molar-refractivity contribution in [2.24, 2.45) is 0 Å². The lowest BCUT2D eigenvalue weighted by Crippen LogP contribution is -2.35. The number of fused-ring (bicyclic) bond motifs is 1. The highest BCUT2D eigenvalue weighted by molar-refractivity contribution is 7.10. The van der Waals surface area contributed by atoms with Gasteiger partial charge in [-0.15, -0.1) is 11.3 Å². The number of hydrogen-bond donors (Lipinski definition) is 1. The molecule has 0 saturated heterocycles. The zero-order chi connectivity index (χ0) is 10.7. The molecule has 1 aliphatic carbocycles. The number of likely N-dealkylation sites (N-methyl/N-ethyl adjacent to an activating group) is 1. The molecule has 1 aromatic rings. The van der Waals surface area contributed by atoms with E-state index in [1.54, 1.807) is 10.4 Å². The Morgan fingerprint density at radius 1 is 1.53 bits per heavy atom. The van der Waals surface area contributed by atoms with Gasteiger partial charge in [0.05, 0.1) is 0 Å². The van der Waals surface area contributed by atoms with Gasteiger partial charge in [0.1, 0.15) is 0 Å². The molecule has 84 valence electrons. The zero-order valence-electron chi connectivity index (χ0n) is 9.75. The van der Waals surface area contributed by atoms with Crippen LogP contribution >= 0.6 is 11.3 Å². The van der Waals surface area contributed by atoms with Gasteiger partial charge in [-0.05, 0) is 49.2 Å². The molecular weight excluding hydrogens is 202 g/mol. The fourth-order valence-electron chi connectivity index (χ4n) is 2.77. The molecule has 0 radical (unpaired) electrons. The first-order valence-corrected chi connectivity index (χ1v) is 7.04. The summed E-state index contributed by atoms with van der Waals surface area (Å²) in [4.78, 5) is 1.64. The van der Waals surface area contributed by atoms with Gasteiger partial charge in [-0.2, -0.15) is 0 Å². The monoisotopic (exact) mass is 223 g/mol. The molecular formula is C13H21NS. The lowest BCUT2D eigenvalue weighted by atomic mass is 9.81. The first kappa shape index (κ1) is 11.2. The van der Waals surface area contributed by atoms with Crippen LogP contribution in [0.2, 0.25) is 0 Å². The van der Waals surface area contributed by atoms with E-state index in [1.807, 2.05) is 11.3 Å². The topological polar surface area (TPSA) is 12.0 Å². The van der Waals surface area contributed by atoms with Gasteiger partial charge in [-0.25, -0.2) is 0 Å². The molecule has 0 aromatic carbocycles.